The zero-order chi connectivity index (χ0) is 6.36. The summed E-state index contributed by atoms with van der Waals surface area (Å²) in [6.45, 7) is 11.2. The van der Waals surface area contributed by atoms with Crippen molar-refractivity contribution in [2.75, 3.05) is 0 Å². The monoisotopic (exact) mass is 126 g/mol. The SMILES string of the molecule is C=C1CC1[Si](C)(C)C. The molecule has 0 spiro atoms. The van der Waals surface area contributed by atoms with Crippen molar-refractivity contribution in [2.45, 2.75) is 31.6 Å². The Labute approximate surface area is 52.6 Å². The molecule has 0 N–H and O–H groups in total. The summed E-state index contributed by atoms with van der Waals surface area (Å²) in [5, 5.41) is 0. The van der Waals surface area contributed by atoms with Crippen LogP contribution in [0.3, 0.4) is 0 Å². The maximum atomic E-state index is 3.95. The Morgan fingerprint density at radius 2 is 1.88 bits per heavy atom. The fourth-order valence-corrected chi connectivity index (χ4v) is 3.22. The van der Waals surface area contributed by atoms with E-state index < -0.39 is 8.07 Å². The standard InChI is InChI=1S/C7H14Si/c1-6-5-7(6)8(2,3)4/h7H,1,5H2,2-4H3. The largest absolute Gasteiger partial charge is 0.0998 e. The lowest BCUT2D eigenvalue weighted by Crippen LogP contribution is -2.19. The van der Waals surface area contributed by atoms with E-state index >= 15 is 0 Å². The van der Waals surface area contributed by atoms with Gasteiger partial charge in [-0.2, -0.15) is 0 Å². The third-order valence-electron chi connectivity index (χ3n) is 1.84. The number of hydrogen-bond donors (Lipinski definition) is 0. The first-order valence-electron chi connectivity index (χ1n) is 3.19. The van der Waals surface area contributed by atoms with Crippen LogP contribution in [0.5, 0.6) is 0 Å². The first kappa shape index (κ1) is 6.08. The Hall–Kier alpha value is -0.0431. The zero-order valence-corrected chi connectivity index (χ0v) is 6.99. The van der Waals surface area contributed by atoms with Crippen molar-refractivity contribution in [3.8, 4) is 0 Å². The molecular formula is C7H14Si. The van der Waals surface area contributed by atoms with E-state index in [4.69, 9.17) is 0 Å². The summed E-state index contributed by atoms with van der Waals surface area (Å²) < 4.78 is 0. The normalized spacial score (nSPS) is 28.4. The fourth-order valence-electron chi connectivity index (χ4n) is 1.12. The molecule has 1 unspecified atom stereocenters. The Kier molecular flexibility index (Phi) is 1.12. The average Bonchev–Trinajstić information content (AvgIpc) is 2.13. The molecule has 1 fully saturated rings. The van der Waals surface area contributed by atoms with Gasteiger partial charge in [-0.05, 0) is 12.0 Å². The van der Waals surface area contributed by atoms with Gasteiger partial charge < -0.3 is 0 Å². The van der Waals surface area contributed by atoms with Gasteiger partial charge in [-0.3, -0.25) is 0 Å². The molecule has 0 aromatic rings. The van der Waals surface area contributed by atoms with Crippen LogP contribution in [0.15, 0.2) is 12.2 Å². The van der Waals surface area contributed by atoms with Gasteiger partial charge in [-0.15, -0.1) is 0 Å². The van der Waals surface area contributed by atoms with Gasteiger partial charge in [0.25, 0.3) is 0 Å². The quantitative estimate of drug-likeness (QED) is 0.374. The lowest BCUT2D eigenvalue weighted by molar-refractivity contribution is 1.35. The molecule has 1 atom stereocenters. The molecular weight excluding hydrogens is 112 g/mol. The van der Waals surface area contributed by atoms with Gasteiger partial charge in [-0.25, -0.2) is 0 Å². The molecule has 1 heteroatoms. The van der Waals surface area contributed by atoms with Crippen LogP contribution in [0, 0.1) is 0 Å². The van der Waals surface area contributed by atoms with E-state index in [1.807, 2.05) is 0 Å². The molecule has 0 aliphatic heterocycles. The van der Waals surface area contributed by atoms with E-state index in [0.717, 1.165) is 5.54 Å². The van der Waals surface area contributed by atoms with Gasteiger partial charge in [-0.1, -0.05) is 31.8 Å². The van der Waals surface area contributed by atoms with Crippen LogP contribution >= 0.6 is 0 Å². The van der Waals surface area contributed by atoms with Crippen LogP contribution in [0.2, 0.25) is 25.2 Å². The minimum Gasteiger partial charge on any atom is -0.0998 e. The van der Waals surface area contributed by atoms with Gasteiger partial charge in [0.05, 0.1) is 8.07 Å². The van der Waals surface area contributed by atoms with E-state index in [0.29, 0.717) is 0 Å². The van der Waals surface area contributed by atoms with Crippen LogP contribution in [-0.4, -0.2) is 8.07 Å². The van der Waals surface area contributed by atoms with E-state index in [-0.39, 0.29) is 0 Å². The maximum absolute atomic E-state index is 3.95. The van der Waals surface area contributed by atoms with Gasteiger partial charge >= 0.3 is 0 Å². The smallest absolute Gasteiger partial charge is 0.0521 e. The van der Waals surface area contributed by atoms with E-state index in [1.54, 1.807) is 0 Å². The maximum Gasteiger partial charge on any atom is 0.0521 e. The van der Waals surface area contributed by atoms with Crippen LogP contribution in [0.25, 0.3) is 0 Å². The third kappa shape index (κ3) is 1.02. The average molecular weight is 126 g/mol. The number of allylic oxidation sites excluding steroid dienone is 1. The van der Waals surface area contributed by atoms with Crippen molar-refractivity contribution in [1.82, 2.24) is 0 Å². The van der Waals surface area contributed by atoms with Crippen molar-refractivity contribution < 1.29 is 0 Å². The molecule has 0 heterocycles. The zero-order valence-electron chi connectivity index (χ0n) is 5.99. The lowest BCUT2D eigenvalue weighted by Gasteiger charge is -2.12. The second kappa shape index (κ2) is 1.47. The summed E-state index contributed by atoms with van der Waals surface area (Å²) in [6.07, 6.45) is 1.33. The van der Waals surface area contributed by atoms with Gasteiger partial charge in [0.2, 0.25) is 0 Å². The molecule has 0 nitrogen and oxygen atoms in total. The van der Waals surface area contributed by atoms with Crippen LogP contribution < -0.4 is 0 Å². The topological polar surface area (TPSA) is 0 Å². The van der Waals surface area contributed by atoms with Crippen molar-refractivity contribution in [2.24, 2.45) is 0 Å². The molecule has 0 radical (unpaired) electrons. The second-order valence-corrected chi connectivity index (χ2v) is 9.21. The molecule has 0 aromatic carbocycles. The Bertz CT molecular complexity index is 119. The molecule has 0 bridgehead atoms. The van der Waals surface area contributed by atoms with Crippen molar-refractivity contribution >= 4 is 8.07 Å². The molecule has 46 valence electrons. The molecule has 1 saturated carbocycles. The molecule has 0 saturated heterocycles. The molecule has 1 rings (SSSR count). The minimum absolute atomic E-state index is 0.786. The predicted molar refractivity (Wildman–Crippen MR) is 40.9 cm³/mol. The van der Waals surface area contributed by atoms with Crippen LogP contribution in [0.1, 0.15) is 6.42 Å². The molecule has 0 aromatic heterocycles. The molecule has 0 amide bonds. The summed E-state index contributed by atoms with van der Waals surface area (Å²) in [5.74, 6) is 0. The predicted octanol–water partition coefficient (Wildman–Crippen LogP) is 2.65. The Balaban J connectivity index is 2.51. The third-order valence-corrected chi connectivity index (χ3v) is 4.55. The highest BCUT2D eigenvalue weighted by atomic mass is 28.3. The summed E-state index contributed by atoms with van der Waals surface area (Å²) in [5.41, 5.74) is 2.46. The lowest BCUT2D eigenvalue weighted by atomic mass is 10.7. The summed E-state index contributed by atoms with van der Waals surface area (Å²) in [7, 11) is -0.786. The highest BCUT2D eigenvalue weighted by molar-refractivity contribution is 6.79. The highest BCUT2D eigenvalue weighted by Gasteiger charge is 2.39. The van der Waals surface area contributed by atoms with E-state index in [2.05, 4.69) is 26.2 Å². The van der Waals surface area contributed by atoms with Gasteiger partial charge in [0, 0.05) is 0 Å². The van der Waals surface area contributed by atoms with Crippen molar-refractivity contribution in [3.63, 3.8) is 0 Å². The number of rotatable bonds is 1. The van der Waals surface area contributed by atoms with Gasteiger partial charge in [0.1, 0.15) is 0 Å². The fraction of sp³-hybridized carbons (Fsp3) is 0.714. The van der Waals surface area contributed by atoms with Crippen LogP contribution in [-0.2, 0) is 0 Å². The first-order valence-corrected chi connectivity index (χ1v) is 6.77. The summed E-state index contributed by atoms with van der Waals surface area (Å²) in [6, 6.07) is 0. The van der Waals surface area contributed by atoms with Crippen molar-refractivity contribution in [1.29, 1.82) is 0 Å². The highest BCUT2D eigenvalue weighted by Crippen LogP contribution is 2.49. The van der Waals surface area contributed by atoms with Gasteiger partial charge in [0.15, 0.2) is 0 Å². The minimum atomic E-state index is -0.786. The molecule has 1 aliphatic rings. The Morgan fingerprint density at radius 3 is 1.88 bits per heavy atom. The molecule has 1 aliphatic carbocycles. The molecule has 8 heavy (non-hydrogen) atoms. The Morgan fingerprint density at radius 1 is 1.50 bits per heavy atom. The number of hydrogen-bond acceptors (Lipinski definition) is 0. The van der Waals surface area contributed by atoms with E-state index in [9.17, 15) is 0 Å². The summed E-state index contributed by atoms with van der Waals surface area (Å²) >= 11 is 0. The summed E-state index contributed by atoms with van der Waals surface area (Å²) in [4.78, 5) is 0. The van der Waals surface area contributed by atoms with Crippen molar-refractivity contribution in [3.05, 3.63) is 12.2 Å². The first-order chi connectivity index (χ1) is 3.52. The second-order valence-electron chi connectivity index (χ2n) is 3.78. The van der Waals surface area contributed by atoms with Crippen LogP contribution in [0.4, 0.5) is 0 Å². The van der Waals surface area contributed by atoms with E-state index in [1.165, 1.54) is 12.0 Å².